The third-order valence-electron chi connectivity index (χ3n) is 2.76. The van der Waals surface area contributed by atoms with Crippen molar-refractivity contribution in [3.8, 4) is 0 Å². The van der Waals surface area contributed by atoms with E-state index >= 15 is 0 Å². The number of nitrogens with one attached hydrogen (secondary N) is 2. The highest BCUT2D eigenvalue weighted by Gasteiger charge is 2.12. The molecule has 0 aliphatic heterocycles. The van der Waals surface area contributed by atoms with Gasteiger partial charge in [-0.3, -0.25) is 9.52 Å². The number of sulfonamides is 1. The monoisotopic (exact) mass is 323 g/mol. The highest BCUT2D eigenvalue weighted by atomic mass is 32.2. The molecule has 0 saturated carbocycles. The molecule has 2 aromatic rings. The lowest BCUT2D eigenvalue weighted by Crippen LogP contribution is -2.32. The van der Waals surface area contributed by atoms with Crippen molar-refractivity contribution in [1.29, 1.82) is 0 Å². The first kappa shape index (κ1) is 16.0. The van der Waals surface area contributed by atoms with Crippen molar-refractivity contribution < 1.29 is 17.7 Å². The first-order valence-electron chi connectivity index (χ1n) is 6.69. The second-order valence-corrected chi connectivity index (χ2v) is 6.58. The van der Waals surface area contributed by atoms with Crippen LogP contribution in [-0.2, 0) is 21.2 Å². The van der Waals surface area contributed by atoms with Gasteiger partial charge in [0.1, 0.15) is 5.76 Å². The van der Waals surface area contributed by atoms with Crippen LogP contribution in [0, 0.1) is 6.92 Å². The smallest absolute Gasteiger partial charge is 0.234 e. The highest BCUT2D eigenvalue weighted by Crippen LogP contribution is 2.07. The summed E-state index contributed by atoms with van der Waals surface area (Å²) >= 11 is 0. The lowest BCUT2D eigenvalue weighted by atomic mass is 10.3. The molecule has 7 nitrogen and oxygen atoms in total. The molecule has 1 amide bonds. The summed E-state index contributed by atoms with van der Waals surface area (Å²) in [5.41, 5.74) is 1.01. The summed E-state index contributed by atoms with van der Waals surface area (Å²) in [4.78, 5) is 11.7. The largest absolute Gasteiger partial charge is 0.361 e. The SMILES string of the molecule is Cc1cc(CC(=O)NCCS(=O)(=O)Nc2ccccc2)no1. The number of hydrogen-bond donors (Lipinski definition) is 2. The summed E-state index contributed by atoms with van der Waals surface area (Å²) in [6, 6.07) is 10.2. The van der Waals surface area contributed by atoms with E-state index in [2.05, 4.69) is 15.2 Å². The molecule has 1 aromatic carbocycles. The van der Waals surface area contributed by atoms with E-state index in [0.29, 0.717) is 17.1 Å². The van der Waals surface area contributed by atoms with Crippen LogP contribution in [-0.4, -0.2) is 31.8 Å². The highest BCUT2D eigenvalue weighted by molar-refractivity contribution is 7.92. The average Bonchev–Trinajstić information content (AvgIpc) is 2.84. The van der Waals surface area contributed by atoms with Gasteiger partial charge in [0.05, 0.1) is 17.9 Å². The molecular weight excluding hydrogens is 306 g/mol. The Kier molecular flexibility index (Phi) is 5.16. The predicted molar refractivity (Wildman–Crippen MR) is 81.8 cm³/mol. The number of aryl methyl sites for hydroxylation is 1. The van der Waals surface area contributed by atoms with E-state index in [1.807, 2.05) is 0 Å². The zero-order valence-corrected chi connectivity index (χ0v) is 12.9. The molecule has 0 bridgehead atoms. The molecule has 0 fully saturated rings. The van der Waals surface area contributed by atoms with Crippen LogP contribution in [0.1, 0.15) is 11.5 Å². The van der Waals surface area contributed by atoms with E-state index in [1.54, 1.807) is 43.3 Å². The van der Waals surface area contributed by atoms with Gasteiger partial charge in [-0.15, -0.1) is 0 Å². The third kappa shape index (κ3) is 5.21. The fourth-order valence-electron chi connectivity index (χ4n) is 1.79. The van der Waals surface area contributed by atoms with Crippen LogP contribution in [0.15, 0.2) is 40.9 Å². The minimum Gasteiger partial charge on any atom is -0.361 e. The standard InChI is InChI=1S/C14H17N3O4S/c1-11-9-13(16-21-11)10-14(18)15-7-8-22(19,20)17-12-5-3-2-4-6-12/h2-6,9,17H,7-8,10H2,1H3,(H,15,18). The van der Waals surface area contributed by atoms with E-state index in [1.165, 1.54) is 0 Å². The predicted octanol–water partition coefficient (Wildman–Crippen LogP) is 1.08. The number of amides is 1. The Morgan fingerprint density at radius 3 is 2.64 bits per heavy atom. The molecular formula is C14H17N3O4S. The Balaban J connectivity index is 1.76. The molecule has 0 radical (unpaired) electrons. The first-order valence-corrected chi connectivity index (χ1v) is 8.34. The number of hydrogen-bond acceptors (Lipinski definition) is 5. The maximum atomic E-state index is 11.9. The number of carbonyl (C=O) groups is 1. The van der Waals surface area contributed by atoms with Gasteiger partial charge in [-0.1, -0.05) is 23.4 Å². The van der Waals surface area contributed by atoms with Gasteiger partial charge in [0, 0.05) is 18.3 Å². The summed E-state index contributed by atoms with van der Waals surface area (Å²) in [5.74, 6) is 0.117. The molecule has 1 heterocycles. The van der Waals surface area contributed by atoms with Gasteiger partial charge >= 0.3 is 0 Å². The molecule has 0 aliphatic rings. The van der Waals surface area contributed by atoms with Gasteiger partial charge in [0.2, 0.25) is 15.9 Å². The number of aromatic nitrogens is 1. The van der Waals surface area contributed by atoms with E-state index in [0.717, 1.165) is 0 Å². The number of para-hydroxylation sites is 1. The Labute approximate surface area is 128 Å². The fourth-order valence-corrected chi connectivity index (χ4v) is 2.76. The minimum atomic E-state index is -3.50. The van der Waals surface area contributed by atoms with Crippen molar-refractivity contribution in [2.75, 3.05) is 17.0 Å². The Morgan fingerprint density at radius 2 is 2.00 bits per heavy atom. The van der Waals surface area contributed by atoms with Crippen LogP contribution >= 0.6 is 0 Å². The van der Waals surface area contributed by atoms with Crippen LogP contribution in [0.2, 0.25) is 0 Å². The lowest BCUT2D eigenvalue weighted by molar-refractivity contribution is -0.120. The molecule has 0 saturated heterocycles. The number of carbonyl (C=O) groups excluding carboxylic acids is 1. The van der Waals surface area contributed by atoms with Crippen molar-refractivity contribution in [3.63, 3.8) is 0 Å². The molecule has 0 atom stereocenters. The molecule has 118 valence electrons. The number of anilines is 1. The van der Waals surface area contributed by atoms with Crippen LogP contribution in [0.3, 0.4) is 0 Å². The fraction of sp³-hybridized carbons (Fsp3) is 0.286. The maximum absolute atomic E-state index is 11.9. The normalized spacial score (nSPS) is 11.1. The van der Waals surface area contributed by atoms with Crippen molar-refractivity contribution in [3.05, 3.63) is 47.9 Å². The van der Waals surface area contributed by atoms with Gasteiger partial charge in [-0.25, -0.2) is 8.42 Å². The average molecular weight is 323 g/mol. The van der Waals surface area contributed by atoms with E-state index < -0.39 is 10.0 Å². The molecule has 1 aromatic heterocycles. The molecule has 0 aliphatic carbocycles. The third-order valence-corrected chi connectivity index (χ3v) is 4.05. The van der Waals surface area contributed by atoms with Crippen molar-refractivity contribution in [2.45, 2.75) is 13.3 Å². The zero-order valence-electron chi connectivity index (χ0n) is 12.1. The summed E-state index contributed by atoms with van der Waals surface area (Å²) < 4.78 is 31.0. The van der Waals surface area contributed by atoms with Crippen molar-refractivity contribution in [2.24, 2.45) is 0 Å². The maximum Gasteiger partial charge on any atom is 0.234 e. The molecule has 2 rings (SSSR count). The van der Waals surface area contributed by atoms with E-state index in [4.69, 9.17) is 4.52 Å². The van der Waals surface area contributed by atoms with Crippen LogP contribution in [0.5, 0.6) is 0 Å². The topological polar surface area (TPSA) is 101 Å². The van der Waals surface area contributed by atoms with Crippen molar-refractivity contribution >= 4 is 21.6 Å². The van der Waals surface area contributed by atoms with Crippen LogP contribution in [0.25, 0.3) is 0 Å². The molecule has 22 heavy (non-hydrogen) atoms. The minimum absolute atomic E-state index is 0.0256. The Bertz CT molecular complexity index is 726. The summed E-state index contributed by atoms with van der Waals surface area (Å²) in [6.07, 6.45) is 0.0590. The zero-order chi connectivity index (χ0) is 16.0. The molecule has 2 N–H and O–H groups in total. The van der Waals surface area contributed by atoms with Gasteiger partial charge in [0.15, 0.2) is 0 Å². The number of benzene rings is 1. The van der Waals surface area contributed by atoms with E-state index in [9.17, 15) is 13.2 Å². The Morgan fingerprint density at radius 1 is 1.27 bits per heavy atom. The van der Waals surface area contributed by atoms with E-state index in [-0.39, 0.29) is 24.6 Å². The summed E-state index contributed by atoms with van der Waals surface area (Å²) in [7, 11) is -3.50. The van der Waals surface area contributed by atoms with Crippen LogP contribution < -0.4 is 10.0 Å². The molecule has 0 spiro atoms. The van der Waals surface area contributed by atoms with Crippen molar-refractivity contribution in [1.82, 2.24) is 10.5 Å². The van der Waals surface area contributed by atoms with Gasteiger partial charge in [0.25, 0.3) is 0 Å². The lowest BCUT2D eigenvalue weighted by Gasteiger charge is -2.08. The first-order chi connectivity index (χ1) is 10.4. The Hall–Kier alpha value is -2.35. The van der Waals surface area contributed by atoms with Gasteiger partial charge < -0.3 is 9.84 Å². The second-order valence-electron chi connectivity index (χ2n) is 4.74. The van der Waals surface area contributed by atoms with Gasteiger partial charge in [-0.05, 0) is 19.1 Å². The summed E-state index contributed by atoms with van der Waals surface area (Å²) in [6.45, 7) is 1.76. The summed E-state index contributed by atoms with van der Waals surface area (Å²) in [5, 5.41) is 6.24. The van der Waals surface area contributed by atoms with Gasteiger partial charge in [-0.2, -0.15) is 0 Å². The number of rotatable bonds is 7. The second kappa shape index (κ2) is 7.08. The molecule has 0 unspecified atom stereocenters. The molecule has 8 heteroatoms. The number of nitrogens with zero attached hydrogens (tertiary/aromatic N) is 1. The quantitative estimate of drug-likeness (QED) is 0.794. The van der Waals surface area contributed by atoms with Crippen LogP contribution in [0.4, 0.5) is 5.69 Å².